The van der Waals surface area contributed by atoms with Crippen LogP contribution in [0, 0.1) is 29.3 Å². The Bertz CT molecular complexity index is 1860. The number of benzene rings is 2. The molecule has 0 aliphatic heterocycles. The molecule has 0 aliphatic rings. The topological polar surface area (TPSA) is 112 Å². The lowest BCUT2D eigenvalue weighted by atomic mass is 10.1. The predicted molar refractivity (Wildman–Crippen MR) is 141 cm³/mol. The molecule has 2 aromatic carbocycles. The van der Waals surface area contributed by atoms with Gasteiger partial charge in [-0.1, -0.05) is 18.1 Å². The number of fused-ring (bicyclic) bond motifs is 1. The molecule has 13 heteroatoms. The van der Waals surface area contributed by atoms with E-state index in [-0.39, 0.29) is 58.3 Å². The number of nitrogens with two attached hydrogens (primary N) is 1. The van der Waals surface area contributed by atoms with Crippen molar-refractivity contribution in [1.82, 2.24) is 24.5 Å². The minimum absolute atomic E-state index is 0.000518. The van der Waals surface area contributed by atoms with Gasteiger partial charge in [0.15, 0.2) is 0 Å². The van der Waals surface area contributed by atoms with Gasteiger partial charge in [-0.2, -0.15) is 0 Å². The monoisotopic (exact) mass is 563 g/mol. The molecule has 3 heterocycles. The minimum Gasteiger partial charge on any atom is -0.382 e. The van der Waals surface area contributed by atoms with Gasteiger partial charge >= 0.3 is 0 Å². The van der Waals surface area contributed by atoms with Crippen LogP contribution in [-0.4, -0.2) is 31.0 Å². The number of halogens is 5. The Morgan fingerprint density at radius 3 is 2.44 bits per heavy atom. The summed E-state index contributed by atoms with van der Waals surface area (Å²) in [7, 11) is 0. The van der Waals surface area contributed by atoms with Crippen molar-refractivity contribution in [3.05, 3.63) is 112 Å². The van der Waals surface area contributed by atoms with E-state index in [1.54, 1.807) is 0 Å². The van der Waals surface area contributed by atoms with E-state index >= 15 is 0 Å². The van der Waals surface area contributed by atoms with E-state index in [9.17, 15) is 26.7 Å². The Labute approximate surface area is 228 Å². The summed E-state index contributed by atoms with van der Waals surface area (Å²) in [6, 6.07) is 8.86. The lowest BCUT2D eigenvalue weighted by molar-refractivity contribution is 0.153. The molecule has 0 atom stereocenters. The molecule has 3 N–H and O–H groups in total. The van der Waals surface area contributed by atoms with E-state index in [4.69, 9.17) is 5.73 Å². The maximum Gasteiger partial charge on any atom is 0.266 e. The van der Waals surface area contributed by atoms with E-state index in [2.05, 4.69) is 37.1 Å². The zero-order chi connectivity index (χ0) is 29.1. The van der Waals surface area contributed by atoms with Crippen LogP contribution < -0.4 is 16.6 Å². The lowest BCUT2D eigenvalue weighted by Gasteiger charge is -2.16. The van der Waals surface area contributed by atoms with Crippen LogP contribution in [0.4, 0.5) is 33.6 Å². The molecule has 0 aliphatic carbocycles. The van der Waals surface area contributed by atoms with Crippen LogP contribution in [0.15, 0.2) is 65.8 Å². The van der Waals surface area contributed by atoms with Crippen molar-refractivity contribution in [2.24, 2.45) is 0 Å². The van der Waals surface area contributed by atoms with Crippen molar-refractivity contribution in [2.75, 3.05) is 17.6 Å². The highest BCUT2D eigenvalue weighted by atomic mass is 19.3. The fraction of sp³-hybridized carbons (Fsp3) is 0.107. The van der Waals surface area contributed by atoms with E-state index in [0.29, 0.717) is 6.07 Å². The molecule has 0 radical (unpaired) electrons. The molecule has 0 amide bonds. The first-order valence-electron chi connectivity index (χ1n) is 12.0. The van der Waals surface area contributed by atoms with E-state index in [0.717, 1.165) is 29.0 Å². The number of nitrogens with one attached hydrogen (secondary N) is 1. The van der Waals surface area contributed by atoms with Crippen molar-refractivity contribution in [1.29, 1.82) is 0 Å². The van der Waals surface area contributed by atoms with Gasteiger partial charge < -0.3 is 11.1 Å². The maximum atomic E-state index is 14.1. The first-order chi connectivity index (χ1) is 19.7. The van der Waals surface area contributed by atoms with Crippen LogP contribution >= 0.6 is 0 Å². The number of rotatable bonds is 6. The Kier molecular flexibility index (Phi) is 7.55. The highest BCUT2D eigenvalue weighted by Gasteiger charge is 2.20. The van der Waals surface area contributed by atoms with Gasteiger partial charge in [-0.05, 0) is 36.3 Å². The summed E-state index contributed by atoms with van der Waals surface area (Å²) in [4.78, 5) is 29.8. The Morgan fingerprint density at radius 1 is 0.951 bits per heavy atom. The maximum absolute atomic E-state index is 14.1. The number of aromatic nitrogens is 5. The standard InChI is InChI=1S/C28H18F5N7O/c29-15-4-5-18(36-13-15)6-7-21-26(34)37-14-38-27(21)35-9-8-23-39-22-3-1-2-20(25(32)33)24(22)28(41)40(23)19-11-16(30)10-17(31)12-19/h1-5,10-14,25H,8-9H2,(H3,34,35,37,38). The van der Waals surface area contributed by atoms with Crippen molar-refractivity contribution in [2.45, 2.75) is 12.8 Å². The van der Waals surface area contributed by atoms with Gasteiger partial charge in [-0.3, -0.25) is 9.36 Å². The summed E-state index contributed by atoms with van der Waals surface area (Å²) in [5.74, 6) is 3.39. The lowest BCUT2D eigenvalue weighted by Crippen LogP contribution is -2.26. The molecule has 5 rings (SSSR count). The highest BCUT2D eigenvalue weighted by Crippen LogP contribution is 2.26. The number of hydrogen-bond acceptors (Lipinski definition) is 7. The molecule has 0 saturated heterocycles. The third kappa shape index (κ3) is 5.81. The molecule has 5 aromatic rings. The fourth-order valence-electron chi connectivity index (χ4n) is 4.11. The molecular formula is C28H18F5N7O. The number of nitrogens with zero attached hydrogens (tertiary/aromatic N) is 5. The molecule has 0 spiro atoms. The van der Waals surface area contributed by atoms with Crippen LogP contribution in [0.2, 0.25) is 0 Å². The first-order valence-corrected chi connectivity index (χ1v) is 12.0. The zero-order valence-corrected chi connectivity index (χ0v) is 20.9. The molecule has 0 unspecified atom stereocenters. The summed E-state index contributed by atoms with van der Waals surface area (Å²) >= 11 is 0. The molecule has 0 bridgehead atoms. The van der Waals surface area contributed by atoms with E-state index < -0.39 is 35.0 Å². The zero-order valence-electron chi connectivity index (χ0n) is 20.9. The molecule has 0 fully saturated rings. The van der Waals surface area contributed by atoms with Crippen molar-refractivity contribution < 1.29 is 22.0 Å². The predicted octanol–water partition coefficient (Wildman–Crippen LogP) is 4.56. The number of pyridine rings is 1. The fourth-order valence-corrected chi connectivity index (χ4v) is 4.11. The van der Waals surface area contributed by atoms with Gasteiger partial charge in [-0.25, -0.2) is 41.9 Å². The summed E-state index contributed by atoms with van der Waals surface area (Å²) in [5.41, 5.74) is 4.80. The van der Waals surface area contributed by atoms with Crippen molar-refractivity contribution in [3.8, 4) is 17.5 Å². The smallest absolute Gasteiger partial charge is 0.266 e. The van der Waals surface area contributed by atoms with E-state index in [1.807, 2.05) is 0 Å². The molecule has 3 aromatic heterocycles. The number of alkyl halides is 2. The first kappa shape index (κ1) is 27.2. The normalized spacial score (nSPS) is 11.0. The number of hydrogen-bond donors (Lipinski definition) is 2. The summed E-state index contributed by atoms with van der Waals surface area (Å²) in [6.45, 7) is 0.0597. The van der Waals surface area contributed by atoms with Gasteiger partial charge in [0.25, 0.3) is 12.0 Å². The quantitative estimate of drug-likeness (QED) is 0.230. The Balaban J connectivity index is 1.52. The largest absolute Gasteiger partial charge is 0.382 e. The average Bonchev–Trinajstić information content (AvgIpc) is 2.92. The summed E-state index contributed by atoms with van der Waals surface area (Å²) in [5, 5.41) is 2.65. The highest BCUT2D eigenvalue weighted by molar-refractivity contribution is 5.82. The summed E-state index contributed by atoms with van der Waals surface area (Å²) < 4.78 is 69.7. The number of anilines is 2. The SMILES string of the molecule is Nc1ncnc(NCCc2nc3cccc(C(F)F)c3c(=O)n2-c2cc(F)cc(F)c2)c1C#Cc1ccc(F)cn1. The van der Waals surface area contributed by atoms with Gasteiger partial charge in [0.1, 0.15) is 52.5 Å². The van der Waals surface area contributed by atoms with Gasteiger partial charge in [0.05, 0.1) is 22.8 Å². The molecule has 0 saturated carbocycles. The Morgan fingerprint density at radius 2 is 1.73 bits per heavy atom. The van der Waals surface area contributed by atoms with Crippen LogP contribution in [-0.2, 0) is 6.42 Å². The minimum atomic E-state index is -2.98. The second-order valence-electron chi connectivity index (χ2n) is 8.61. The third-order valence-corrected chi connectivity index (χ3v) is 5.90. The van der Waals surface area contributed by atoms with Crippen LogP contribution in [0.1, 0.15) is 29.1 Å². The van der Waals surface area contributed by atoms with E-state index in [1.165, 1.54) is 30.6 Å². The van der Waals surface area contributed by atoms with Gasteiger partial charge in [0.2, 0.25) is 0 Å². The molecule has 41 heavy (non-hydrogen) atoms. The molecule has 8 nitrogen and oxygen atoms in total. The van der Waals surface area contributed by atoms with Crippen LogP contribution in [0.25, 0.3) is 16.6 Å². The molecule has 206 valence electrons. The van der Waals surface area contributed by atoms with Crippen molar-refractivity contribution >= 4 is 22.5 Å². The second-order valence-corrected chi connectivity index (χ2v) is 8.61. The Hall–Kier alpha value is -5.38. The van der Waals surface area contributed by atoms with Crippen LogP contribution in [0.3, 0.4) is 0 Å². The third-order valence-electron chi connectivity index (χ3n) is 5.90. The second kappa shape index (κ2) is 11.4. The van der Waals surface area contributed by atoms with Crippen LogP contribution in [0.5, 0.6) is 0 Å². The van der Waals surface area contributed by atoms with Crippen molar-refractivity contribution in [3.63, 3.8) is 0 Å². The summed E-state index contributed by atoms with van der Waals surface area (Å²) in [6.07, 6.45) is -0.784. The average molecular weight is 563 g/mol. The van der Waals surface area contributed by atoms with Gasteiger partial charge in [-0.15, -0.1) is 0 Å². The number of nitrogen functional groups attached to an aromatic ring is 1. The molecular weight excluding hydrogens is 545 g/mol. The van der Waals surface area contributed by atoms with Gasteiger partial charge in [0, 0.05) is 24.6 Å².